The van der Waals surface area contributed by atoms with E-state index in [1.54, 1.807) is 7.11 Å². The standard InChI is InChI=1S/C20H27BrN2O2/c1-15-7-4-5-8-16(15)14-25-20-17(13-23-12-6-11-22-2)18(21)9-10-19(20)24-3/h4-5,7-10,22-23H,6,11-14H2,1-3H3. The molecule has 2 aromatic rings. The lowest BCUT2D eigenvalue weighted by Gasteiger charge is -2.18. The Hall–Kier alpha value is -1.56. The summed E-state index contributed by atoms with van der Waals surface area (Å²) in [6.45, 7) is 5.29. The van der Waals surface area contributed by atoms with Crippen LogP contribution in [0.4, 0.5) is 0 Å². The van der Waals surface area contributed by atoms with Gasteiger partial charge in [-0.2, -0.15) is 0 Å². The van der Waals surface area contributed by atoms with Crippen LogP contribution in [-0.2, 0) is 13.2 Å². The largest absolute Gasteiger partial charge is 0.493 e. The Kier molecular flexibility index (Phi) is 8.25. The van der Waals surface area contributed by atoms with Gasteiger partial charge < -0.3 is 20.1 Å². The molecule has 2 aromatic carbocycles. The van der Waals surface area contributed by atoms with Crippen molar-refractivity contribution in [3.8, 4) is 11.5 Å². The Labute approximate surface area is 159 Å². The zero-order chi connectivity index (χ0) is 18.1. The third kappa shape index (κ3) is 5.73. The summed E-state index contributed by atoms with van der Waals surface area (Å²) in [5.41, 5.74) is 3.48. The van der Waals surface area contributed by atoms with E-state index in [1.807, 2.05) is 31.3 Å². The number of aryl methyl sites for hydroxylation is 1. The molecule has 0 aromatic heterocycles. The van der Waals surface area contributed by atoms with Crippen molar-refractivity contribution in [3.63, 3.8) is 0 Å². The molecule has 0 unspecified atom stereocenters. The predicted octanol–water partition coefficient (Wildman–Crippen LogP) is 4.04. The van der Waals surface area contributed by atoms with Crippen LogP contribution in [0.1, 0.15) is 23.1 Å². The minimum atomic E-state index is 0.520. The maximum Gasteiger partial charge on any atom is 0.167 e. The Morgan fingerprint density at radius 2 is 1.88 bits per heavy atom. The molecule has 0 aliphatic rings. The first-order valence-corrected chi connectivity index (χ1v) is 9.34. The summed E-state index contributed by atoms with van der Waals surface area (Å²) in [6, 6.07) is 12.2. The molecule has 4 nitrogen and oxygen atoms in total. The zero-order valence-corrected chi connectivity index (χ0v) is 16.8. The molecular formula is C20H27BrN2O2. The van der Waals surface area contributed by atoms with Crippen molar-refractivity contribution in [1.82, 2.24) is 10.6 Å². The van der Waals surface area contributed by atoms with E-state index in [4.69, 9.17) is 9.47 Å². The quantitative estimate of drug-likeness (QED) is 0.584. The van der Waals surface area contributed by atoms with Gasteiger partial charge in [-0.05, 0) is 56.7 Å². The molecule has 0 aliphatic heterocycles. The van der Waals surface area contributed by atoms with Crippen LogP contribution in [0.3, 0.4) is 0 Å². The second kappa shape index (κ2) is 10.4. The van der Waals surface area contributed by atoms with Crippen LogP contribution in [0.2, 0.25) is 0 Å². The minimum Gasteiger partial charge on any atom is -0.493 e. The molecule has 0 radical (unpaired) electrons. The van der Waals surface area contributed by atoms with E-state index < -0.39 is 0 Å². The van der Waals surface area contributed by atoms with Crippen LogP contribution in [-0.4, -0.2) is 27.2 Å². The van der Waals surface area contributed by atoms with E-state index in [0.29, 0.717) is 6.61 Å². The van der Waals surface area contributed by atoms with Gasteiger partial charge in [0.1, 0.15) is 6.61 Å². The summed E-state index contributed by atoms with van der Waals surface area (Å²) in [5, 5.41) is 6.63. The smallest absolute Gasteiger partial charge is 0.167 e. The average molecular weight is 407 g/mol. The molecular weight excluding hydrogens is 380 g/mol. The van der Waals surface area contributed by atoms with Crippen LogP contribution in [0.15, 0.2) is 40.9 Å². The predicted molar refractivity (Wildman–Crippen MR) is 106 cm³/mol. The first-order chi connectivity index (χ1) is 12.2. The lowest BCUT2D eigenvalue weighted by Crippen LogP contribution is -2.20. The fourth-order valence-corrected chi connectivity index (χ4v) is 3.04. The highest BCUT2D eigenvalue weighted by Crippen LogP contribution is 2.36. The average Bonchev–Trinajstić information content (AvgIpc) is 2.62. The monoisotopic (exact) mass is 406 g/mol. The lowest BCUT2D eigenvalue weighted by molar-refractivity contribution is 0.279. The topological polar surface area (TPSA) is 42.5 Å². The molecule has 0 heterocycles. The van der Waals surface area contributed by atoms with Crippen molar-refractivity contribution in [3.05, 3.63) is 57.6 Å². The minimum absolute atomic E-state index is 0.520. The van der Waals surface area contributed by atoms with Crippen LogP contribution in [0.5, 0.6) is 11.5 Å². The van der Waals surface area contributed by atoms with Crippen molar-refractivity contribution in [1.29, 1.82) is 0 Å². The lowest BCUT2D eigenvalue weighted by atomic mass is 10.1. The number of rotatable bonds is 10. The molecule has 0 fully saturated rings. The molecule has 0 bridgehead atoms. The van der Waals surface area contributed by atoms with Crippen molar-refractivity contribution in [2.24, 2.45) is 0 Å². The number of benzene rings is 2. The van der Waals surface area contributed by atoms with Crippen LogP contribution < -0.4 is 20.1 Å². The van der Waals surface area contributed by atoms with E-state index in [0.717, 1.165) is 47.6 Å². The summed E-state index contributed by atoms with van der Waals surface area (Å²) in [6.07, 6.45) is 1.08. The SMILES string of the molecule is CNCCCNCc1c(Br)ccc(OC)c1OCc1ccccc1C. The number of hydrogen-bond acceptors (Lipinski definition) is 4. The molecule has 0 saturated heterocycles. The Morgan fingerprint density at radius 3 is 2.60 bits per heavy atom. The summed E-state index contributed by atoms with van der Waals surface area (Å²) in [5.74, 6) is 1.55. The van der Waals surface area contributed by atoms with Crippen molar-refractivity contribution in [2.75, 3.05) is 27.2 Å². The molecule has 2 rings (SSSR count). The van der Waals surface area contributed by atoms with Crippen LogP contribution in [0, 0.1) is 6.92 Å². The van der Waals surface area contributed by atoms with Crippen molar-refractivity contribution >= 4 is 15.9 Å². The second-order valence-electron chi connectivity index (χ2n) is 5.91. The number of ether oxygens (including phenoxy) is 2. The summed E-state index contributed by atoms with van der Waals surface area (Å²) >= 11 is 3.65. The Balaban J connectivity index is 2.13. The summed E-state index contributed by atoms with van der Waals surface area (Å²) in [4.78, 5) is 0. The highest BCUT2D eigenvalue weighted by molar-refractivity contribution is 9.10. The first kappa shape index (κ1) is 19.8. The fourth-order valence-electron chi connectivity index (χ4n) is 2.59. The van der Waals surface area contributed by atoms with Gasteiger partial charge in [-0.15, -0.1) is 0 Å². The molecule has 0 spiro atoms. The number of nitrogens with one attached hydrogen (secondary N) is 2. The molecule has 2 N–H and O–H groups in total. The van der Waals surface area contributed by atoms with E-state index in [1.165, 1.54) is 11.1 Å². The van der Waals surface area contributed by atoms with Crippen molar-refractivity contribution < 1.29 is 9.47 Å². The molecule has 0 amide bonds. The zero-order valence-electron chi connectivity index (χ0n) is 15.2. The van der Waals surface area contributed by atoms with Gasteiger partial charge in [-0.1, -0.05) is 40.2 Å². The molecule has 0 saturated carbocycles. The molecule has 0 aliphatic carbocycles. The summed E-state index contributed by atoms with van der Waals surface area (Å²) in [7, 11) is 3.64. The van der Waals surface area contributed by atoms with Gasteiger partial charge in [0.15, 0.2) is 11.5 Å². The van der Waals surface area contributed by atoms with Gasteiger partial charge in [0, 0.05) is 16.6 Å². The fraction of sp³-hybridized carbons (Fsp3) is 0.400. The van der Waals surface area contributed by atoms with E-state index in [9.17, 15) is 0 Å². The maximum atomic E-state index is 6.18. The first-order valence-electron chi connectivity index (χ1n) is 8.55. The Bertz CT molecular complexity index is 677. The summed E-state index contributed by atoms with van der Waals surface area (Å²) < 4.78 is 12.7. The van der Waals surface area contributed by atoms with Gasteiger partial charge in [-0.3, -0.25) is 0 Å². The van der Waals surface area contributed by atoms with Gasteiger partial charge in [0.25, 0.3) is 0 Å². The van der Waals surface area contributed by atoms with E-state index in [-0.39, 0.29) is 0 Å². The van der Waals surface area contributed by atoms with E-state index in [2.05, 4.69) is 45.6 Å². The van der Waals surface area contributed by atoms with Gasteiger partial charge in [0.05, 0.1) is 7.11 Å². The maximum absolute atomic E-state index is 6.18. The molecule has 5 heteroatoms. The number of hydrogen-bond donors (Lipinski definition) is 2. The number of halogens is 1. The van der Waals surface area contributed by atoms with Gasteiger partial charge in [0.2, 0.25) is 0 Å². The van der Waals surface area contributed by atoms with Gasteiger partial charge >= 0.3 is 0 Å². The third-order valence-corrected chi connectivity index (χ3v) is 4.85. The molecule has 136 valence electrons. The van der Waals surface area contributed by atoms with Crippen LogP contribution in [0.25, 0.3) is 0 Å². The molecule has 0 atom stereocenters. The second-order valence-corrected chi connectivity index (χ2v) is 6.76. The third-order valence-electron chi connectivity index (χ3n) is 4.10. The molecule has 25 heavy (non-hydrogen) atoms. The highest BCUT2D eigenvalue weighted by atomic mass is 79.9. The van der Waals surface area contributed by atoms with Gasteiger partial charge in [-0.25, -0.2) is 0 Å². The van der Waals surface area contributed by atoms with Crippen LogP contribution >= 0.6 is 15.9 Å². The number of methoxy groups -OCH3 is 1. The van der Waals surface area contributed by atoms with E-state index >= 15 is 0 Å². The highest BCUT2D eigenvalue weighted by Gasteiger charge is 2.15. The van der Waals surface area contributed by atoms with Crippen molar-refractivity contribution in [2.45, 2.75) is 26.5 Å². The normalized spacial score (nSPS) is 10.7. The Morgan fingerprint density at radius 1 is 1.08 bits per heavy atom.